The van der Waals surface area contributed by atoms with Gasteiger partial charge in [0.05, 0.1) is 25.5 Å². The highest BCUT2D eigenvalue weighted by Gasteiger charge is 2.36. The molecule has 0 atom stereocenters. The Morgan fingerprint density at radius 2 is 1.87 bits per heavy atom. The number of carbonyl (C=O) groups is 1. The van der Waals surface area contributed by atoms with Crippen LogP contribution in [0.1, 0.15) is 34.0 Å². The summed E-state index contributed by atoms with van der Waals surface area (Å²) in [6.45, 7) is 3.63. The molecule has 2 aliphatic heterocycles. The van der Waals surface area contributed by atoms with Gasteiger partial charge in [0.2, 0.25) is 6.79 Å². The van der Waals surface area contributed by atoms with Crippen LogP contribution in [0.3, 0.4) is 0 Å². The lowest BCUT2D eigenvalue weighted by molar-refractivity contribution is 0.0853. The summed E-state index contributed by atoms with van der Waals surface area (Å²) in [6.07, 6.45) is 2.91. The first kappa shape index (κ1) is 21.1. The number of likely N-dealkylation sites (N-methyl/N-ethyl adjacent to an activating group) is 1. The van der Waals surface area contributed by atoms with E-state index in [9.17, 15) is 4.79 Å². The van der Waals surface area contributed by atoms with Crippen molar-refractivity contribution in [1.82, 2.24) is 9.80 Å². The van der Waals surface area contributed by atoms with E-state index in [0.29, 0.717) is 23.6 Å². The van der Waals surface area contributed by atoms with E-state index in [1.807, 2.05) is 31.2 Å². The summed E-state index contributed by atoms with van der Waals surface area (Å²) in [4.78, 5) is 17.2. The number of amides is 1. The first-order chi connectivity index (χ1) is 15.0. The fourth-order valence-corrected chi connectivity index (χ4v) is 4.05. The second kappa shape index (κ2) is 8.51. The molecule has 7 nitrogen and oxygen atoms in total. The van der Waals surface area contributed by atoms with Crippen molar-refractivity contribution in [2.24, 2.45) is 0 Å². The first-order valence-corrected chi connectivity index (χ1v) is 10.3. The molecule has 7 heteroatoms. The maximum absolute atomic E-state index is 13.3. The summed E-state index contributed by atoms with van der Waals surface area (Å²) in [5.74, 6) is 2.40. The lowest BCUT2D eigenvalue weighted by atomic mass is 9.99. The van der Waals surface area contributed by atoms with Gasteiger partial charge in [0, 0.05) is 18.7 Å². The minimum absolute atomic E-state index is 0.0879. The Hall–Kier alpha value is -3.19. The van der Waals surface area contributed by atoms with Crippen LogP contribution >= 0.6 is 0 Å². The number of ether oxygens (including phenoxy) is 4. The molecular formula is C24H28N2O5. The molecule has 31 heavy (non-hydrogen) atoms. The monoisotopic (exact) mass is 424 g/mol. The van der Waals surface area contributed by atoms with Gasteiger partial charge in [-0.1, -0.05) is 0 Å². The van der Waals surface area contributed by atoms with Gasteiger partial charge in [-0.3, -0.25) is 4.79 Å². The molecule has 0 aliphatic carbocycles. The fraction of sp³-hybridized carbons (Fsp3) is 0.375. The van der Waals surface area contributed by atoms with E-state index < -0.39 is 0 Å². The minimum Gasteiger partial charge on any atom is -0.493 e. The maximum Gasteiger partial charge on any atom is 0.262 e. The highest BCUT2D eigenvalue weighted by molar-refractivity contribution is 6.14. The van der Waals surface area contributed by atoms with Gasteiger partial charge in [-0.2, -0.15) is 0 Å². The van der Waals surface area contributed by atoms with Crippen LogP contribution < -0.4 is 18.9 Å². The number of rotatable bonds is 7. The number of carbonyl (C=O) groups excluding carboxylic acids is 1. The van der Waals surface area contributed by atoms with Crippen LogP contribution in [-0.2, 0) is 6.42 Å². The summed E-state index contributed by atoms with van der Waals surface area (Å²) in [5, 5.41) is 0. The summed E-state index contributed by atoms with van der Waals surface area (Å²) in [7, 11) is 7.23. The lowest BCUT2D eigenvalue weighted by Crippen LogP contribution is -2.22. The van der Waals surface area contributed by atoms with E-state index in [1.165, 1.54) is 0 Å². The Kier molecular flexibility index (Phi) is 5.78. The van der Waals surface area contributed by atoms with Crippen molar-refractivity contribution in [3.63, 3.8) is 0 Å². The molecule has 2 heterocycles. The predicted molar refractivity (Wildman–Crippen MR) is 119 cm³/mol. The van der Waals surface area contributed by atoms with Gasteiger partial charge >= 0.3 is 0 Å². The van der Waals surface area contributed by atoms with E-state index in [0.717, 1.165) is 46.9 Å². The van der Waals surface area contributed by atoms with Crippen LogP contribution in [0.15, 0.2) is 24.3 Å². The van der Waals surface area contributed by atoms with E-state index in [4.69, 9.17) is 18.9 Å². The van der Waals surface area contributed by atoms with Crippen LogP contribution in [0.4, 0.5) is 0 Å². The molecule has 0 saturated carbocycles. The summed E-state index contributed by atoms with van der Waals surface area (Å²) in [6, 6.07) is 7.80. The van der Waals surface area contributed by atoms with E-state index in [1.54, 1.807) is 19.1 Å². The Morgan fingerprint density at radius 1 is 1.13 bits per heavy atom. The maximum atomic E-state index is 13.3. The molecule has 1 amide bonds. The molecule has 0 radical (unpaired) electrons. The molecule has 2 aliphatic rings. The van der Waals surface area contributed by atoms with Crippen molar-refractivity contribution < 1.29 is 23.7 Å². The predicted octanol–water partition coefficient (Wildman–Crippen LogP) is 3.51. The number of hydrogen-bond donors (Lipinski definition) is 0. The summed E-state index contributed by atoms with van der Waals surface area (Å²) in [5.41, 5.74) is 4.36. The zero-order valence-corrected chi connectivity index (χ0v) is 18.7. The van der Waals surface area contributed by atoms with Crippen molar-refractivity contribution in [3.05, 3.63) is 46.5 Å². The van der Waals surface area contributed by atoms with Gasteiger partial charge in [-0.05, 0) is 68.9 Å². The molecule has 0 unspecified atom stereocenters. The minimum atomic E-state index is -0.0879. The molecule has 2 aromatic carbocycles. The van der Waals surface area contributed by atoms with Gasteiger partial charge in [-0.15, -0.1) is 0 Å². The van der Waals surface area contributed by atoms with Gasteiger partial charge in [-0.25, -0.2) is 0 Å². The van der Waals surface area contributed by atoms with E-state index in [-0.39, 0.29) is 12.7 Å². The number of fused-ring (bicyclic) bond motifs is 2. The number of hydrogen-bond acceptors (Lipinski definition) is 6. The zero-order chi connectivity index (χ0) is 22.1. The zero-order valence-electron chi connectivity index (χ0n) is 18.7. The van der Waals surface area contributed by atoms with Crippen molar-refractivity contribution >= 4 is 17.7 Å². The van der Waals surface area contributed by atoms with Crippen LogP contribution in [-0.4, -0.2) is 63.9 Å². The molecule has 0 saturated heterocycles. The van der Waals surface area contributed by atoms with Gasteiger partial charge in [0.25, 0.3) is 5.91 Å². The molecule has 2 aromatic rings. The van der Waals surface area contributed by atoms with Crippen molar-refractivity contribution in [2.75, 3.05) is 48.2 Å². The van der Waals surface area contributed by atoms with Gasteiger partial charge in [0.1, 0.15) is 0 Å². The molecule has 164 valence electrons. The highest BCUT2D eigenvalue weighted by atomic mass is 16.7. The van der Waals surface area contributed by atoms with Gasteiger partial charge in [0.15, 0.2) is 23.0 Å². The topological polar surface area (TPSA) is 60.5 Å². The Morgan fingerprint density at radius 3 is 2.52 bits per heavy atom. The van der Waals surface area contributed by atoms with Gasteiger partial charge < -0.3 is 28.7 Å². The summed E-state index contributed by atoms with van der Waals surface area (Å²) < 4.78 is 22.2. The molecular weight excluding hydrogens is 396 g/mol. The number of benzene rings is 2. The standard InChI is InChI=1S/C24H28N2O5/c1-6-26-18(17-7-8-19(28-4)23(29-5)22(17)24(26)27)11-16-13-21-20(30-14-31-21)12-15(16)9-10-25(2)3/h7-8,11-13H,6,9-10,14H2,1-5H3/b18-11-. The summed E-state index contributed by atoms with van der Waals surface area (Å²) >= 11 is 0. The highest BCUT2D eigenvalue weighted by Crippen LogP contribution is 2.44. The quantitative estimate of drug-likeness (QED) is 0.678. The lowest BCUT2D eigenvalue weighted by Gasteiger charge is -2.17. The molecule has 0 bridgehead atoms. The third kappa shape index (κ3) is 3.70. The fourth-order valence-electron chi connectivity index (χ4n) is 4.05. The second-order valence-corrected chi connectivity index (χ2v) is 7.76. The molecule has 4 rings (SSSR count). The Bertz CT molecular complexity index is 1040. The normalized spacial score (nSPS) is 15.7. The number of methoxy groups -OCH3 is 2. The molecule has 0 N–H and O–H groups in total. The Balaban J connectivity index is 1.86. The molecule has 0 fully saturated rings. The molecule has 0 aromatic heterocycles. The van der Waals surface area contributed by atoms with Crippen LogP contribution in [0.2, 0.25) is 0 Å². The SMILES string of the molecule is CCN1C(=O)c2c(ccc(OC)c2OC)/C1=C/c1cc2c(cc1CCN(C)C)OCO2. The number of nitrogens with zero attached hydrogens (tertiary/aromatic N) is 2. The third-order valence-corrected chi connectivity index (χ3v) is 5.64. The smallest absolute Gasteiger partial charge is 0.262 e. The second-order valence-electron chi connectivity index (χ2n) is 7.76. The van der Waals surface area contributed by atoms with Crippen LogP contribution in [0.5, 0.6) is 23.0 Å². The Labute approximate surface area is 182 Å². The third-order valence-electron chi connectivity index (χ3n) is 5.64. The van der Waals surface area contributed by atoms with Crippen LogP contribution in [0, 0.1) is 0 Å². The van der Waals surface area contributed by atoms with Crippen molar-refractivity contribution in [3.8, 4) is 23.0 Å². The molecule has 0 spiro atoms. The first-order valence-electron chi connectivity index (χ1n) is 10.3. The van der Waals surface area contributed by atoms with E-state index in [2.05, 4.69) is 25.1 Å². The van der Waals surface area contributed by atoms with Crippen molar-refractivity contribution in [1.29, 1.82) is 0 Å². The van der Waals surface area contributed by atoms with E-state index >= 15 is 0 Å². The van der Waals surface area contributed by atoms with Crippen LogP contribution in [0.25, 0.3) is 11.8 Å². The average Bonchev–Trinajstić information content (AvgIpc) is 3.33. The largest absolute Gasteiger partial charge is 0.493 e. The van der Waals surface area contributed by atoms with Crippen molar-refractivity contribution in [2.45, 2.75) is 13.3 Å². The average molecular weight is 424 g/mol.